The molecule has 1 saturated heterocycles. The number of rotatable bonds is 6. The summed E-state index contributed by atoms with van der Waals surface area (Å²) in [6.45, 7) is 1.49. The van der Waals surface area contributed by atoms with E-state index in [9.17, 15) is 4.79 Å². The number of nitrogens with zero attached hydrogens (tertiary/aromatic N) is 2. The molecule has 7 heteroatoms. The third kappa shape index (κ3) is 3.46. The van der Waals surface area contributed by atoms with Crippen LogP contribution in [0.3, 0.4) is 0 Å². The number of aromatic nitrogens is 2. The SMILES string of the molecule is COC(=O)[C@@H]1CCCN1Cc1cn[nH]c1-c1ccc(OC)cc1OC. The van der Waals surface area contributed by atoms with Crippen LogP contribution in [0.5, 0.6) is 11.5 Å². The Morgan fingerprint density at radius 2 is 2.16 bits per heavy atom. The number of ether oxygens (including phenoxy) is 3. The van der Waals surface area contributed by atoms with Crippen LogP contribution >= 0.6 is 0 Å². The van der Waals surface area contributed by atoms with Gasteiger partial charge in [0.25, 0.3) is 0 Å². The topological polar surface area (TPSA) is 76.7 Å². The molecule has 2 heterocycles. The van der Waals surface area contributed by atoms with Gasteiger partial charge in [0, 0.05) is 23.7 Å². The molecule has 134 valence electrons. The quantitative estimate of drug-likeness (QED) is 0.809. The average molecular weight is 345 g/mol. The summed E-state index contributed by atoms with van der Waals surface area (Å²) in [5, 5.41) is 7.25. The van der Waals surface area contributed by atoms with Crippen molar-refractivity contribution >= 4 is 5.97 Å². The molecule has 0 saturated carbocycles. The maximum absolute atomic E-state index is 12.0. The maximum Gasteiger partial charge on any atom is 0.323 e. The number of methoxy groups -OCH3 is 3. The van der Waals surface area contributed by atoms with Crippen molar-refractivity contribution in [1.82, 2.24) is 15.1 Å². The molecule has 0 aliphatic carbocycles. The predicted octanol–water partition coefficient (Wildman–Crippen LogP) is 2.23. The van der Waals surface area contributed by atoms with Gasteiger partial charge in [-0.15, -0.1) is 0 Å². The molecule has 0 bridgehead atoms. The zero-order valence-electron chi connectivity index (χ0n) is 14.7. The monoisotopic (exact) mass is 345 g/mol. The van der Waals surface area contributed by atoms with Crippen molar-refractivity contribution in [3.8, 4) is 22.8 Å². The Bertz CT molecular complexity index is 744. The summed E-state index contributed by atoms with van der Waals surface area (Å²) < 4.78 is 15.7. The van der Waals surface area contributed by atoms with E-state index in [-0.39, 0.29) is 12.0 Å². The first-order valence-electron chi connectivity index (χ1n) is 8.24. The van der Waals surface area contributed by atoms with E-state index in [1.807, 2.05) is 18.2 Å². The van der Waals surface area contributed by atoms with Gasteiger partial charge >= 0.3 is 5.97 Å². The molecule has 1 aromatic carbocycles. The molecule has 1 fully saturated rings. The van der Waals surface area contributed by atoms with Gasteiger partial charge in [-0.2, -0.15) is 5.10 Å². The number of nitrogens with one attached hydrogen (secondary N) is 1. The summed E-state index contributed by atoms with van der Waals surface area (Å²) in [7, 11) is 4.68. The molecule has 2 aromatic rings. The summed E-state index contributed by atoms with van der Waals surface area (Å²) in [5.41, 5.74) is 2.80. The van der Waals surface area contributed by atoms with Crippen LogP contribution in [0.2, 0.25) is 0 Å². The largest absolute Gasteiger partial charge is 0.497 e. The van der Waals surface area contributed by atoms with Crippen molar-refractivity contribution in [2.24, 2.45) is 0 Å². The molecule has 1 aliphatic heterocycles. The summed E-state index contributed by atoms with van der Waals surface area (Å²) >= 11 is 0. The van der Waals surface area contributed by atoms with Crippen LogP contribution < -0.4 is 9.47 Å². The van der Waals surface area contributed by atoms with E-state index < -0.39 is 0 Å². The van der Waals surface area contributed by atoms with Gasteiger partial charge in [0.1, 0.15) is 17.5 Å². The molecule has 3 rings (SSSR count). The lowest BCUT2D eigenvalue weighted by atomic mass is 10.1. The minimum atomic E-state index is -0.189. The van der Waals surface area contributed by atoms with Crippen LogP contribution in [0, 0.1) is 0 Å². The first-order valence-corrected chi connectivity index (χ1v) is 8.24. The van der Waals surface area contributed by atoms with E-state index >= 15 is 0 Å². The highest BCUT2D eigenvalue weighted by atomic mass is 16.5. The Kier molecular flexibility index (Phi) is 5.23. The average Bonchev–Trinajstić information content (AvgIpc) is 3.30. The van der Waals surface area contributed by atoms with E-state index in [4.69, 9.17) is 14.2 Å². The molecule has 0 unspecified atom stereocenters. The number of aromatic amines is 1. The van der Waals surface area contributed by atoms with Crippen molar-refractivity contribution in [3.05, 3.63) is 30.0 Å². The van der Waals surface area contributed by atoms with Gasteiger partial charge in [0.15, 0.2) is 0 Å². The number of carbonyl (C=O) groups is 1. The van der Waals surface area contributed by atoms with Crippen LogP contribution in [0.15, 0.2) is 24.4 Å². The van der Waals surface area contributed by atoms with E-state index in [2.05, 4.69) is 15.1 Å². The number of hydrogen-bond acceptors (Lipinski definition) is 6. The highest BCUT2D eigenvalue weighted by Gasteiger charge is 2.32. The van der Waals surface area contributed by atoms with Crippen molar-refractivity contribution in [2.75, 3.05) is 27.9 Å². The first-order chi connectivity index (χ1) is 12.2. The van der Waals surface area contributed by atoms with Crippen molar-refractivity contribution in [2.45, 2.75) is 25.4 Å². The Morgan fingerprint density at radius 1 is 1.32 bits per heavy atom. The number of H-pyrrole nitrogens is 1. The van der Waals surface area contributed by atoms with Gasteiger partial charge in [0.05, 0.1) is 33.2 Å². The van der Waals surface area contributed by atoms with Gasteiger partial charge < -0.3 is 14.2 Å². The lowest BCUT2D eigenvalue weighted by molar-refractivity contribution is -0.146. The number of benzene rings is 1. The minimum absolute atomic E-state index is 0.176. The standard InChI is InChI=1S/C18H23N3O4/c1-23-13-6-7-14(16(9-13)24-2)17-12(10-19-20-17)11-21-8-4-5-15(21)18(22)25-3/h6-7,9-10,15H,4-5,8,11H2,1-3H3,(H,19,20)/t15-/m0/s1. The van der Waals surface area contributed by atoms with Crippen LogP contribution in [0.4, 0.5) is 0 Å². The van der Waals surface area contributed by atoms with Crippen LogP contribution in [-0.4, -0.2) is 55.0 Å². The van der Waals surface area contributed by atoms with Crippen LogP contribution in [-0.2, 0) is 16.1 Å². The third-order valence-electron chi connectivity index (χ3n) is 4.61. The zero-order valence-corrected chi connectivity index (χ0v) is 14.7. The second-order valence-electron chi connectivity index (χ2n) is 5.99. The second-order valence-corrected chi connectivity index (χ2v) is 5.99. The highest BCUT2D eigenvalue weighted by molar-refractivity contribution is 5.76. The normalized spacial score (nSPS) is 17.5. The van der Waals surface area contributed by atoms with Gasteiger partial charge in [-0.05, 0) is 31.5 Å². The van der Waals surface area contributed by atoms with Gasteiger partial charge in [-0.25, -0.2) is 0 Å². The molecular formula is C18H23N3O4. The van der Waals surface area contributed by atoms with Gasteiger partial charge in [0.2, 0.25) is 0 Å². The molecule has 25 heavy (non-hydrogen) atoms. The van der Waals surface area contributed by atoms with Gasteiger partial charge in [-0.3, -0.25) is 14.8 Å². The molecule has 1 aliphatic rings. The smallest absolute Gasteiger partial charge is 0.323 e. The van der Waals surface area contributed by atoms with E-state index in [1.54, 1.807) is 20.4 Å². The molecule has 1 N–H and O–H groups in total. The molecule has 1 atom stereocenters. The van der Waals surface area contributed by atoms with Crippen molar-refractivity contribution in [1.29, 1.82) is 0 Å². The Balaban J connectivity index is 1.87. The highest BCUT2D eigenvalue weighted by Crippen LogP contribution is 2.35. The summed E-state index contributed by atoms with van der Waals surface area (Å²) in [6.07, 6.45) is 3.61. The minimum Gasteiger partial charge on any atom is -0.497 e. The number of likely N-dealkylation sites (tertiary alicyclic amines) is 1. The van der Waals surface area contributed by atoms with E-state index in [0.29, 0.717) is 12.3 Å². The Labute approximate surface area is 146 Å². The molecule has 7 nitrogen and oxygen atoms in total. The molecule has 1 aromatic heterocycles. The predicted molar refractivity (Wildman–Crippen MR) is 92.6 cm³/mol. The lowest BCUT2D eigenvalue weighted by Crippen LogP contribution is -2.36. The number of esters is 1. The maximum atomic E-state index is 12.0. The Hall–Kier alpha value is -2.54. The Morgan fingerprint density at radius 3 is 2.88 bits per heavy atom. The fourth-order valence-corrected chi connectivity index (χ4v) is 3.31. The molecule has 0 amide bonds. The summed E-state index contributed by atoms with van der Waals surface area (Å²) in [5.74, 6) is 1.26. The second kappa shape index (κ2) is 7.57. The molecule has 0 radical (unpaired) electrons. The fourth-order valence-electron chi connectivity index (χ4n) is 3.31. The third-order valence-corrected chi connectivity index (χ3v) is 4.61. The van der Waals surface area contributed by atoms with Crippen molar-refractivity contribution in [3.63, 3.8) is 0 Å². The molecule has 0 spiro atoms. The zero-order chi connectivity index (χ0) is 17.8. The fraction of sp³-hybridized carbons (Fsp3) is 0.444. The summed E-state index contributed by atoms with van der Waals surface area (Å²) in [4.78, 5) is 14.1. The number of carbonyl (C=O) groups excluding carboxylic acids is 1. The van der Waals surface area contributed by atoms with Gasteiger partial charge in [-0.1, -0.05) is 0 Å². The van der Waals surface area contributed by atoms with E-state index in [1.165, 1.54) is 7.11 Å². The lowest BCUT2D eigenvalue weighted by Gasteiger charge is -2.22. The molecular weight excluding hydrogens is 322 g/mol. The number of hydrogen-bond donors (Lipinski definition) is 1. The van der Waals surface area contributed by atoms with Crippen molar-refractivity contribution < 1.29 is 19.0 Å². The van der Waals surface area contributed by atoms with E-state index in [0.717, 1.165) is 42.0 Å². The van der Waals surface area contributed by atoms with Crippen LogP contribution in [0.1, 0.15) is 18.4 Å². The summed E-state index contributed by atoms with van der Waals surface area (Å²) in [6, 6.07) is 5.48. The first kappa shape index (κ1) is 17.3. The van der Waals surface area contributed by atoms with Crippen LogP contribution in [0.25, 0.3) is 11.3 Å².